The van der Waals surface area contributed by atoms with E-state index in [1.54, 1.807) is 14.2 Å². The van der Waals surface area contributed by atoms with Crippen LogP contribution in [0, 0.1) is 0 Å². The van der Waals surface area contributed by atoms with Crippen LogP contribution in [0.25, 0.3) is 11.1 Å². The maximum atomic E-state index is 12.5. The molecule has 0 radical (unpaired) electrons. The van der Waals surface area contributed by atoms with Crippen LogP contribution in [0.5, 0.6) is 11.5 Å². The summed E-state index contributed by atoms with van der Waals surface area (Å²) in [7, 11) is 3.23. The van der Waals surface area contributed by atoms with Crippen molar-refractivity contribution in [2.75, 3.05) is 14.2 Å². The minimum absolute atomic E-state index is 0.0298. The largest absolute Gasteiger partial charge is 0.497 e. The number of methoxy groups -OCH3 is 2. The van der Waals surface area contributed by atoms with Crippen molar-refractivity contribution in [3.8, 4) is 22.6 Å². The van der Waals surface area contributed by atoms with Gasteiger partial charge >= 0.3 is 0 Å². The van der Waals surface area contributed by atoms with Crippen LogP contribution in [0.2, 0.25) is 0 Å². The van der Waals surface area contributed by atoms with Crippen LogP contribution in [-0.2, 0) is 11.2 Å². The summed E-state index contributed by atoms with van der Waals surface area (Å²) in [4.78, 5) is 12.5. The standard InChI is InChI=1S/C24H25NO3/c1-17(22-14-13-21(27-2)16-23(22)28-3)25-24(26)15-18-9-11-20(12-10-18)19-7-5-4-6-8-19/h4-14,16-17H,15H2,1-3H3,(H,25,26). The van der Waals surface area contributed by atoms with E-state index in [1.807, 2.05) is 67.6 Å². The first kappa shape index (κ1) is 19.5. The predicted octanol–water partition coefficient (Wildman–Crippen LogP) is 4.79. The first-order chi connectivity index (χ1) is 13.6. The number of carbonyl (C=O) groups is 1. The van der Waals surface area contributed by atoms with Gasteiger partial charge in [-0.15, -0.1) is 0 Å². The molecular weight excluding hydrogens is 350 g/mol. The fraction of sp³-hybridized carbons (Fsp3) is 0.208. The topological polar surface area (TPSA) is 47.6 Å². The summed E-state index contributed by atoms with van der Waals surface area (Å²) >= 11 is 0. The summed E-state index contributed by atoms with van der Waals surface area (Å²) in [6.07, 6.45) is 0.331. The van der Waals surface area contributed by atoms with Crippen molar-refractivity contribution in [3.63, 3.8) is 0 Å². The molecule has 4 heteroatoms. The van der Waals surface area contributed by atoms with Crippen LogP contribution in [0.15, 0.2) is 72.8 Å². The number of hydrogen-bond donors (Lipinski definition) is 1. The molecule has 0 aromatic heterocycles. The molecule has 3 rings (SSSR count). The monoisotopic (exact) mass is 375 g/mol. The molecule has 144 valence electrons. The highest BCUT2D eigenvalue weighted by Gasteiger charge is 2.15. The normalized spacial score (nSPS) is 11.5. The number of benzene rings is 3. The summed E-state index contributed by atoms with van der Waals surface area (Å²) in [5.41, 5.74) is 4.20. The van der Waals surface area contributed by atoms with E-state index < -0.39 is 0 Å². The van der Waals surface area contributed by atoms with Crippen LogP contribution in [-0.4, -0.2) is 20.1 Å². The predicted molar refractivity (Wildman–Crippen MR) is 112 cm³/mol. The molecule has 0 spiro atoms. The second kappa shape index (κ2) is 9.09. The lowest BCUT2D eigenvalue weighted by Gasteiger charge is -2.18. The number of nitrogens with one attached hydrogen (secondary N) is 1. The number of rotatable bonds is 7. The molecule has 0 aliphatic rings. The molecule has 1 atom stereocenters. The van der Waals surface area contributed by atoms with Crippen molar-refractivity contribution in [1.82, 2.24) is 5.32 Å². The zero-order valence-corrected chi connectivity index (χ0v) is 16.4. The van der Waals surface area contributed by atoms with E-state index >= 15 is 0 Å². The third-order valence-corrected chi connectivity index (χ3v) is 4.71. The molecule has 1 unspecified atom stereocenters. The summed E-state index contributed by atoms with van der Waals surface area (Å²) in [6.45, 7) is 1.95. The van der Waals surface area contributed by atoms with E-state index in [9.17, 15) is 4.79 Å². The SMILES string of the molecule is COc1ccc(C(C)NC(=O)Cc2ccc(-c3ccccc3)cc2)c(OC)c1. The smallest absolute Gasteiger partial charge is 0.224 e. The number of hydrogen-bond acceptors (Lipinski definition) is 3. The van der Waals surface area contributed by atoms with Gasteiger partial charge in [0.25, 0.3) is 0 Å². The lowest BCUT2D eigenvalue weighted by Crippen LogP contribution is -2.28. The second-order valence-corrected chi connectivity index (χ2v) is 6.64. The van der Waals surface area contributed by atoms with Crippen molar-refractivity contribution in [2.24, 2.45) is 0 Å². The molecule has 1 N–H and O–H groups in total. The van der Waals surface area contributed by atoms with Crippen LogP contribution in [0.1, 0.15) is 24.1 Å². The van der Waals surface area contributed by atoms with Gasteiger partial charge in [-0.25, -0.2) is 0 Å². The molecule has 28 heavy (non-hydrogen) atoms. The molecule has 0 aliphatic carbocycles. The van der Waals surface area contributed by atoms with Gasteiger partial charge in [-0.2, -0.15) is 0 Å². The van der Waals surface area contributed by atoms with E-state index in [4.69, 9.17) is 9.47 Å². The van der Waals surface area contributed by atoms with Crippen LogP contribution < -0.4 is 14.8 Å². The highest BCUT2D eigenvalue weighted by molar-refractivity contribution is 5.79. The molecule has 0 saturated heterocycles. The van der Waals surface area contributed by atoms with Gasteiger partial charge in [0.05, 0.1) is 26.7 Å². The molecule has 3 aromatic rings. The van der Waals surface area contributed by atoms with Gasteiger partial charge in [-0.3, -0.25) is 4.79 Å². The second-order valence-electron chi connectivity index (χ2n) is 6.64. The molecular formula is C24H25NO3. The number of amides is 1. The number of ether oxygens (including phenoxy) is 2. The minimum atomic E-state index is -0.169. The zero-order chi connectivity index (χ0) is 19.9. The first-order valence-electron chi connectivity index (χ1n) is 9.26. The number of carbonyl (C=O) groups excluding carboxylic acids is 1. The van der Waals surface area contributed by atoms with Gasteiger partial charge in [0, 0.05) is 11.6 Å². The van der Waals surface area contributed by atoms with Gasteiger partial charge in [0.2, 0.25) is 5.91 Å². The molecule has 0 aliphatic heterocycles. The molecule has 4 nitrogen and oxygen atoms in total. The molecule has 0 saturated carbocycles. The summed E-state index contributed by atoms with van der Waals surface area (Å²) in [5.74, 6) is 1.38. The maximum absolute atomic E-state index is 12.5. The zero-order valence-electron chi connectivity index (χ0n) is 16.4. The Balaban J connectivity index is 1.64. The van der Waals surface area contributed by atoms with Gasteiger partial charge in [-0.05, 0) is 35.7 Å². The average Bonchev–Trinajstić information content (AvgIpc) is 2.74. The van der Waals surface area contributed by atoms with Crippen LogP contribution >= 0.6 is 0 Å². The third kappa shape index (κ3) is 4.71. The Morgan fingerprint density at radius 3 is 2.21 bits per heavy atom. The Morgan fingerprint density at radius 2 is 1.57 bits per heavy atom. The molecule has 0 bridgehead atoms. The van der Waals surface area contributed by atoms with E-state index in [0.717, 1.165) is 22.4 Å². The van der Waals surface area contributed by atoms with Crippen molar-refractivity contribution in [1.29, 1.82) is 0 Å². The Morgan fingerprint density at radius 1 is 0.893 bits per heavy atom. The summed E-state index contributed by atoms with van der Waals surface area (Å²) in [6, 6.07) is 23.7. The van der Waals surface area contributed by atoms with Gasteiger partial charge in [0.15, 0.2) is 0 Å². The first-order valence-corrected chi connectivity index (χ1v) is 9.26. The van der Waals surface area contributed by atoms with Crippen molar-refractivity contribution < 1.29 is 14.3 Å². The Bertz CT molecular complexity index is 920. The van der Waals surface area contributed by atoms with E-state index in [1.165, 1.54) is 5.56 Å². The van der Waals surface area contributed by atoms with Crippen LogP contribution in [0.3, 0.4) is 0 Å². The van der Waals surface area contributed by atoms with Gasteiger partial charge in [0.1, 0.15) is 11.5 Å². The molecule has 1 amide bonds. The Hall–Kier alpha value is -3.27. The van der Waals surface area contributed by atoms with Crippen molar-refractivity contribution in [3.05, 3.63) is 83.9 Å². The maximum Gasteiger partial charge on any atom is 0.224 e. The summed E-state index contributed by atoms with van der Waals surface area (Å²) < 4.78 is 10.7. The summed E-state index contributed by atoms with van der Waals surface area (Å²) in [5, 5.41) is 3.04. The molecule has 0 fully saturated rings. The Kier molecular flexibility index (Phi) is 6.33. The van der Waals surface area contributed by atoms with Gasteiger partial charge in [-0.1, -0.05) is 54.6 Å². The quantitative estimate of drug-likeness (QED) is 0.646. The molecule has 3 aromatic carbocycles. The third-order valence-electron chi connectivity index (χ3n) is 4.71. The fourth-order valence-corrected chi connectivity index (χ4v) is 3.18. The highest BCUT2D eigenvalue weighted by atomic mass is 16.5. The highest BCUT2D eigenvalue weighted by Crippen LogP contribution is 2.29. The van der Waals surface area contributed by atoms with Crippen molar-refractivity contribution >= 4 is 5.91 Å². The lowest BCUT2D eigenvalue weighted by atomic mass is 10.0. The van der Waals surface area contributed by atoms with Crippen molar-refractivity contribution in [2.45, 2.75) is 19.4 Å². The minimum Gasteiger partial charge on any atom is -0.497 e. The lowest BCUT2D eigenvalue weighted by molar-refractivity contribution is -0.121. The molecule has 0 heterocycles. The Labute approximate surface area is 166 Å². The van der Waals surface area contributed by atoms with E-state index in [2.05, 4.69) is 17.4 Å². The fourth-order valence-electron chi connectivity index (χ4n) is 3.18. The van der Waals surface area contributed by atoms with E-state index in [-0.39, 0.29) is 11.9 Å². The van der Waals surface area contributed by atoms with Crippen LogP contribution in [0.4, 0.5) is 0 Å². The van der Waals surface area contributed by atoms with Gasteiger partial charge < -0.3 is 14.8 Å². The van der Waals surface area contributed by atoms with E-state index in [0.29, 0.717) is 12.2 Å². The average molecular weight is 375 g/mol.